The van der Waals surface area contributed by atoms with Crippen LogP contribution >= 0.6 is 11.6 Å². The van der Waals surface area contributed by atoms with Gasteiger partial charge in [-0.15, -0.1) is 6.42 Å². The van der Waals surface area contributed by atoms with Crippen molar-refractivity contribution < 1.29 is 0 Å². The maximum atomic E-state index is 12.3. The van der Waals surface area contributed by atoms with Crippen molar-refractivity contribution in [1.82, 2.24) is 9.78 Å². The summed E-state index contributed by atoms with van der Waals surface area (Å²) in [5.41, 5.74) is 0.464. The fraction of sp³-hybridized carbons (Fsp3) is 0.600. The summed E-state index contributed by atoms with van der Waals surface area (Å²) in [5, 5.41) is 7.59. The molecule has 2 rings (SSSR count). The van der Waals surface area contributed by atoms with Crippen LogP contribution in [0.1, 0.15) is 39.5 Å². The average molecular weight is 294 g/mol. The van der Waals surface area contributed by atoms with Crippen LogP contribution in [-0.2, 0) is 6.54 Å². The second kappa shape index (κ2) is 5.88. The number of hydrogen-bond acceptors (Lipinski definition) is 3. The van der Waals surface area contributed by atoms with Gasteiger partial charge in [-0.25, -0.2) is 4.68 Å². The normalized spacial score (nSPS) is 21.2. The molecule has 108 valence electrons. The van der Waals surface area contributed by atoms with Crippen molar-refractivity contribution in [3.8, 4) is 12.3 Å². The minimum atomic E-state index is -0.251. The van der Waals surface area contributed by atoms with E-state index in [1.54, 1.807) is 0 Å². The molecule has 1 atom stereocenters. The minimum Gasteiger partial charge on any atom is -0.377 e. The van der Waals surface area contributed by atoms with E-state index in [2.05, 4.69) is 30.2 Å². The van der Waals surface area contributed by atoms with E-state index in [-0.39, 0.29) is 18.1 Å². The summed E-state index contributed by atoms with van der Waals surface area (Å²) < 4.78 is 1.25. The van der Waals surface area contributed by atoms with E-state index in [0.29, 0.717) is 16.1 Å². The van der Waals surface area contributed by atoms with Gasteiger partial charge in [-0.05, 0) is 24.7 Å². The van der Waals surface area contributed by atoms with Gasteiger partial charge in [0.1, 0.15) is 12.2 Å². The van der Waals surface area contributed by atoms with Crippen molar-refractivity contribution in [2.75, 3.05) is 5.32 Å². The van der Waals surface area contributed by atoms with Crippen molar-refractivity contribution in [3.63, 3.8) is 0 Å². The van der Waals surface area contributed by atoms with Crippen LogP contribution in [0, 0.1) is 17.8 Å². The Morgan fingerprint density at radius 1 is 1.65 bits per heavy atom. The Labute approximate surface area is 124 Å². The zero-order valence-corrected chi connectivity index (χ0v) is 12.7. The van der Waals surface area contributed by atoms with E-state index in [1.807, 2.05) is 0 Å². The van der Waals surface area contributed by atoms with Crippen molar-refractivity contribution >= 4 is 17.3 Å². The smallest absolute Gasteiger partial charge is 0.292 e. The van der Waals surface area contributed by atoms with E-state index in [9.17, 15) is 4.79 Å². The molecule has 4 nitrogen and oxygen atoms in total. The fourth-order valence-corrected chi connectivity index (χ4v) is 3.00. The highest BCUT2D eigenvalue weighted by molar-refractivity contribution is 6.33. The minimum absolute atomic E-state index is 0.154. The highest BCUT2D eigenvalue weighted by Crippen LogP contribution is 2.36. The number of halogens is 1. The maximum absolute atomic E-state index is 12.3. The monoisotopic (exact) mass is 293 g/mol. The first-order valence-corrected chi connectivity index (χ1v) is 7.26. The van der Waals surface area contributed by atoms with Crippen LogP contribution in [0.25, 0.3) is 0 Å². The lowest BCUT2D eigenvalue weighted by molar-refractivity contribution is 0.229. The third-order valence-electron chi connectivity index (χ3n) is 3.79. The molecule has 20 heavy (non-hydrogen) atoms. The molecule has 0 saturated heterocycles. The molecule has 1 saturated carbocycles. The molecule has 0 amide bonds. The molecular weight excluding hydrogens is 274 g/mol. The summed E-state index contributed by atoms with van der Waals surface area (Å²) in [7, 11) is 0. The molecule has 1 aliphatic carbocycles. The summed E-state index contributed by atoms with van der Waals surface area (Å²) >= 11 is 6.10. The van der Waals surface area contributed by atoms with E-state index in [0.717, 1.165) is 19.3 Å². The van der Waals surface area contributed by atoms with Crippen molar-refractivity contribution in [3.05, 3.63) is 21.6 Å². The fourth-order valence-electron chi connectivity index (χ4n) is 2.82. The number of nitrogens with one attached hydrogen (secondary N) is 1. The summed E-state index contributed by atoms with van der Waals surface area (Å²) in [6, 6.07) is 0.269. The number of hydrogen-bond donors (Lipinski definition) is 1. The summed E-state index contributed by atoms with van der Waals surface area (Å²) in [4.78, 5) is 12.3. The lowest BCUT2D eigenvalue weighted by atomic mass is 9.75. The van der Waals surface area contributed by atoms with Gasteiger partial charge >= 0.3 is 0 Å². The number of anilines is 1. The van der Waals surface area contributed by atoms with Crippen molar-refractivity contribution in [1.29, 1.82) is 0 Å². The van der Waals surface area contributed by atoms with Gasteiger partial charge in [-0.1, -0.05) is 37.8 Å². The quantitative estimate of drug-likeness (QED) is 0.872. The van der Waals surface area contributed by atoms with Gasteiger partial charge in [0.15, 0.2) is 0 Å². The second-order valence-corrected chi connectivity index (χ2v) is 6.54. The van der Waals surface area contributed by atoms with E-state index in [4.69, 9.17) is 18.0 Å². The molecule has 0 aliphatic heterocycles. The molecule has 5 heteroatoms. The summed E-state index contributed by atoms with van der Waals surface area (Å²) in [6.45, 7) is 4.66. The molecule has 0 aromatic carbocycles. The van der Waals surface area contributed by atoms with Gasteiger partial charge in [0.05, 0.1) is 11.2 Å². The molecule has 1 N–H and O–H groups in total. The lowest BCUT2D eigenvalue weighted by Gasteiger charge is -2.36. The first-order valence-electron chi connectivity index (χ1n) is 6.88. The molecule has 1 aromatic rings. The Kier molecular flexibility index (Phi) is 4.39. The van der Waals surface area contributed by atoms with Gasteiger partial charge < -0.3 is 5.32 Å². The number of aromatic nitrogens is 2. The highest BCUT2D eigenvalue weighted by atomic mass is 35.5. The molecule has 0 bridgehead atoms. The third-order valence-corrected chi connectivity index (χ3v) is 4.08. The molecular formula is C15H20ClN3O. The molecule has 1 aliphatic rings. The lowest BCUT2D eigenvalue weighted by Crippen LogP contribution is -2.35. The van der Waals surface area contributed by atoms with Crippen LogP contribution in [-0.4, -0.2) is 15.8 Å². The van der Waals surface area contributed by atoms with Crippen molar-refractivity contribution in [2.24, 2.45) is 5.41 Å². The largest absolute Gasteiger partial charge is 0.377 e. The van der Waals surface area contributed by atoms with E-state index in [1.165, 1.54) is 17.3 Å². The van der Waals surface area contributed by atoms with Gasteiger partial charge in [-0.2, -0.15) is 5.10 Å². The Bertz CT molecular complexity index is 586. The first-order chi connectivity index (χ1) is 9.43. The Hall–Kier alpha value is -1.47. The molecule has 1 fully saturated rings. The highest BCUT2D eigenvalue weighted by Gasteiger charge is 2.28. The molecule has 0 spiro atoms. The average Bonchev–Trinajstić information content (AvgIpc) is 2.37. The topological polar surface area (TPSA) is 46.9 Å². The molecule has 1 unspecified atom stereocenters. The standard InChI is InChI=1S/C15H20ClN3O/c1-4-8-19-14(20)13(12(16)10-17-19)18-11-6-5-7-15(2,3)9-11/h1,10-11,18H,5-9H2,2-3H3. The van der Waals surface area contributed by atoms with Crippen LogP contribution < -0.4 is 10.9 Å². The summed E-state index contributed by atoms with van der Waals surface area (Å²) in [6.07, 6.45) is 11.2. The SMILES string of the molecule is C#CCn1ncc(Cl)c(NC2CCCC(C)(C)C2)c1=O. The Morgan fingerprint density at radius 2 is 2.40 bits per heavy atom. The second-order valence-electron chi connectivity index (χ2n) is 6.14. The van der Waals surface area contributed by atoms with Gasteiger partial charge in [0.2, 0.25) is 0 Å². The van der Waals surface area contributed by atoms with E-state index >= 15 is 0 Å². The predicted molar refractivity (Wildman–Crippen MR) is 82.0 cm³/mol. The number of terminal acetylenes is 1. The molecule has 1 heterocycles. The predicted octanol–water partition coefficient (Wildman–Crippen LogP) is 2.91. The first kappa shape index (κ1) is 14.9. The number of rotatable bonds is 3. The maximum Gasteiger partial charge on any atom is 0.292 e. The van der Waals surface area contributed by atoms with Crippen LogP contribution in [0.3, 0.4) is 0 Å². The van der Waals surface area contributed by atoms with Gasteiger partial charge in [-0.3, -0.25) is 4.79 Å². The van der Waals surface area contributed by atoms with Crippen LogP contribution in [0.4, 0.5) is 5.69 Å². The van der Waals surface area contributed by atoms with E-state index < -0.39 is 0 Å². The van der Waals surface area contributed by atoms with Crippen LogP contribution in [0.2, 0.25) is 5.02 Å². The summed E-state index contributed by atoms with van der Waals surface area (Å²) in [5.74, 6) is 2.42. The molecule has 1 aromatic heterocycles. The Morgan fingerprint density at radius 3 is 3.05 bits per heavy atom. The van der Waals surface area contributed by atoms with Crippen molar-refractivity contribution in [2.45, 2.75) is 52.1 Å². The Balaban J connectivity index is 2.23. The zero-order chi connectivity index (χ0) is 14.8. The van der Waals surface area contributed by atoms with Gasteiger partial charge in [0.25, 0.3) is 5.56 Å². The van der Waals surface area contributed by atoms with Gasteiger partial charge in [0, 0.05) is 6.04 Å². The van der Waals surface area contributed by atoms with Crippen LogP contribution in [0.5, 0.6) is 0 Å². The zero-order valence-electron chi connectivity index (χ0n) is 11.9. The molecule has 0 radical (unpaired) electrons. The number of nitrogens with zero attached hydrogens (tertiary/aromatic N) is 2. The van der Waals surface area contributed by atoms with Crippen LogP contribution in [0.15, 0.2) is 11.0 Å². The third kappa shape index (κ3) is 3.34.